The van der Waals surface area contributed by atoms with Crippen molar-refractivity contribution in [3.8, 4) is 0 Å². The van der Waals surface area contributed by atoms with E-state index in [1.165, 1.54) is 0 Å². The van der Waals surface area contributed by atoms with Crippen LogP contribution in [0.2, 0.25) is 0 Å². The Balaban J connectivity index is 2.89. The van der Waals surface area contributed by atoms with Gasteiger partial charge in [0.15, 0.2) is 0 Å². The van der Waals surface area contributed by atoms with Gasteiger partial charge < -0.3 is 10.2 Å². The molecule has 0 saturated heterocycles. The van der Waals surface area contributed by atoms with E-state index in [2.05, 4.69) is 29.1 Å². The van der Waals surface area contributed by atoms with E-state index in [1.54, 1.807) is 0 Å². The summed E-state index contributed by atoms with van der Waals surface area (Å²) in [6, 6.07) is 1.99. The molecule has 4 nitrogen and oxygen atoms in total. The number of rotatable bonds is 6. The standard InChI is InChI=1S/C12H22N4/c1-5-7-10-14-11(13-8-6-2)9-12(15-10)16(3)4/h9H,5-8H2,1-4H3,(H,13,14,15). The van der Waals surface area contributed by atoms with Gasteiger partial charge in [0.1, 0.15) is 17.5 Å². The summed E-state index contributed by atoms with van der Waals surface area (Å²) in [5, 5.41) is 3.31. The molecule has 0 bridgehead atoms. The highest BCUT2D eigenvalue weighted by molar-refractivity contribution is 5.48. The van der Waals surface area contributed by atoms with Crippen LogP contribution in [0.4, 0.5) is 11.6 Å². The Morgan fingerprint density at radius 3 is 2.50 bits per heavy atom. The van der Waals surface area contributed by atoms with Crippen molar-refractivity contribution in [1.29, 1.82) is 0 Å². The Morgan fingerprint density at radius 1 is 1.19 bits per heavy atom. The second-order valence-corrected chi connectivity index (χ2v) is 4.10. The van der Waals surface area contributed by atoms with Gasteiger partial charge in [-0.2, -0.15) is 0 Å². The first-order chi connectivity index (χ1) is 7.67. The van der Waals surface area contributed by atoms with Crippen molar-refractivity contribution in [3.63, 3.8) is 0 Å². The Bertz CT molecular complexity index is 323. The molecule has 90 valence electrons. The molecule has 0 fully saturated rings. The second-order valence-electron chi connectivity index (χ2n) is 4.10. The van der Waals surface area contributed by atoms with Crippen LogP contribution in [-0.4, -0.2) is 30.6 Å². The highest BCUT2D eigenvalue weighted by Gasteiger charge is 2.05. The van der Waals surface area contributed by atoms with Crippen molar-refractivity contribution in [1.82, 2.24) is 9.97 Å². The van der Waals surface area contributed by atoms with Gasteiger partial charge >= 0.3 is 0 Å². The number of aromatic nitrogens is 2. The van der Waals surface area contributed by atoms with Gasteiger partial charge in [0.05, 0.1) is 0 Å². The predicted molar refractivity (Wildman–Crippen MR) is 69.1 cm³/mol. The zero-order chi connectivity index (χ0) is 12.0. The van der Waals surface area contributed by atoms with Crippen molar-refractivity contribution in [2.45, 2.75) is 33.1 Å². The molecule has 1 rings (SSSR count). The van der Waals surface area contributed by atoms with E-state index in [4.69, 9.17) is 0 Å². The summed E-state index contributed by atoms with van der Waals surface area (Å²) in [7, 11) is 4.00. The fraction of sp³-hybridized carbons (Fsp3) is 0.667. The molecule has 0 spiro atoms. The smallest absolute Gasteiger partial charge is 0.133 e. The van der Waals surface area contributed by atoms with Gasteiger partial charge in [0.2, 0.25) is 0 Å². The van der Waals surface area contributed by atoms with Crippen LogP contribution in [0.25, 0.3) is 0 Å². The molecule has 0 aliphatic carbocycles. The van der Waals surface area contributed by atoms with Crippen molar-refractivity contribution in [2.75, 3.05) is 30.9 Å². The first-order valence-electron chi connectivity index (χ1n) is 5.96. The van der Waals surface area contributed by atoms with Crippen LogP contribution in [0.3, 0.4) is 0 Å². The molecule has 0 radical (unpaired) electrons. The minimum absolute atomic E-state index is 0.923. The molecule has 1 aromatic rings. The maximum absolute atomic E-state index is 4.51. The number of hydrogen-bond acceptors (Lipinski definition) is 4. The van der Waals surface area contributed by atoms with E-state index >= 15 is 0 Å². The van der Waals surface area contributed by atoms with Crippen LogP contribution in [0.15, 0.2) is 6.07 Å². The molecule has 16 heavy (non-hydrogen) atoms. The lowest BCUT2D eigenvalue weighted by Crippen LogP contribution is -2.14. The molecule has 0 aromatic carbocycles. The lowest BCUT2D eigenvalue weighted by molar-refractivity contribution is 0.825. The third-order valence-electron chi connectivity index (χ3n) is 2.25. The van der Waals surface area contributed by atoms with Crippen molar-refractivity contribution < 1.29 is 0 Å². The average molecular weight is 222 g/mol. The number of nitrogens with one attached hydrogen (secondary N) is 1. The van der Waals surface area contributed by atoms with E-state index in [1.807, 2.05) is 25.1 Å². The second kappa shape index (κ2) is 6.30. The lowest BCUT2D eigenvalue weighted by Gasteiger charge is -2.14. The van der Waals surface area contributed by atoms with E-state index in [0.717, 1.165) is 43.3 Å². The first kappa shape index (κ1) is 12.7. The molecular weight excluding hydrogens is 200 g/mol. The van der Waals surface area contributed by atoms with E-state index in [0.29, 0.717) is 0 Å². The summed E-state index contributed by atoms with van der Waals surface area (Å²) < 4.78 is 0. The highest BCUT2D eigenvalue weighted by Crippen LogP contribution is 2.14. The molecule has 4 heteroatoms. The van der Waals surface area contributed by atoms with Crippen LogP contribution < -0.4 is 10.2 Å². The topological polar surface area (TPSA) is 41.0 Å². The van der Waals surface area contributed by atoms with Crippen LogP contribution >= 0.6 is 0 Å². The molecular formula is C12H22N4. The molecule has 0 saturated carbocycles. The molecule has 0 unspecified atom stereocenters. The van der Waals surface area contributed by atoms with Crippen molar-refractivity contribution in [2.24, 2.45) is 0 Å². The minimum Gasteiger partial charge on any atom is -0.370 e. The van der Waals surface area contributed by atoms with Crippen molar-refractivity contribution >= 4 is 11.6 Å². The third-order valence-corrected chi connectivity index (χ3v) is 2.25. The molecule has 0 aliphatic heterocycles. The van der Waals surface area contributed by atoms with E-state index < -0.39 is 0 Å². The zero-order valence-electron chi connectivity index (χ0n) is 10.7. The first-order valence-corrected chi connectivity index (χ1v) is 5.96. The van der Waals surface area contributed by atoms with Crippen molar-refractivity contribution in [3.05, 3.63) is 11.9 Å². The third kappa shape index (κ3) is 3.68. The SMILES string of the molecule is CCCNc1cc(N(C)C)nc(CCC)n1. The summed E-state index contributed by atoms with van der Waals surface area (Å²) in [6.45, 7) is 5.24. The molecule has 1 heterocycles. The number of aryl methyl sites for hydroxylation is 1. The van der Waals surface area contributed by atoms with Gasteiger partial charge in [0.25, 0.3) is 0 Å². The van der Waals surface area contributed by atoms with Gasteiger partial charge in [-0.1, -0.05) is 13.8 Å². The van der Waals surface area contributed by atoms with Crippen LogP contribution in [0.1, 0.15) is 32.5 Å². The summed E-state index contributed by atoms with van der Waals surface area (Å²) in [5.41, 5.74) is 0. The number of hydrogen-bond donors (Lipinski definition) is 1. The summed E-state index contributed by atoms with van der Waals surface area (Å²) >= 11 is 0. The van der Waals surface area contributed by atoms with Gasteiger partial charge in [-0.3, -0.25) is 0 Å². The van der Waals surface area contributed by atoms with Gasteiger partial charge in [-0.15, -0.1) is 0 Å². The summed E-state index contributed by atoms with van der Waals surface area (Å²) in [4.78, 5) is 11.0. The molecule has 1 aromatic heterocycles. The van der Waals surface area contributed by atoms with Gasteiger partial charge in [-0.05, 0) is 12.8 Å². The van der Waals surface area contributed by atoms with Gasteiger partial charge in [0, 0.05) is 33.1 Å². The zero-order valence-corrected chi connectivity index (χ0v) is 10.7. The Hall–Kier alpha value is -1.32. The minimum atomic E-state index is 0.923. The monoisotopic (exact) mass is 222 g/mol. The van der Waals surface area contributed by atoms with Crippen LogP contribution in [0.5, 0.6) is 0 Å². The normalized spacial score (nSPS) is 10.2. The Kier molecular flexibility index (Phi) is 5.02. The molecule has 0 atom stereocenters. The summed E-state index contributed by atoms with van der Waals surface area (Å²) in [5.74, 6) is 2.83. The van der Waals surface area contributed by atoms with E-state index in [9.17, 15) is 0 Å². The highest BCUT2D eigenvalue weighted by atomic mass is 15.2. The fourth-order valence-electron chi connectivity index (χ4n) is 1.39. The van der Waals surface area contributed by atoms with Crippen LogP contribution in [0, 0.1) is 0 Å². The number of anilines is 2. The largest absolute Gasteiger partial charge is 0.370 e. The average Bonchev–Trinajstić information content (AvgIpc) is 2.26. The fourth-order valence-corrected chi connectivity index (χ4v) is 1.39. The quantitative estimate of drug-likeness (QED) is 0.802. The lowest BCUT2D eigenvalue weighted by atomic mass is 10.3. The molecule has 1 N–H and O–H groups in total. The molecule has 0 aliphatic rings. The van der Waals surface area contributed by atoms with E-state index in [-0.39, 0.29) is 0 Å². The number of nitrogens with zero attached hydrogens (tertiary/aromatic N) is 3. The Labute approximate surface area is 98.1 Å². The predicted octanol–water partition coefficient (Wildman–Crippen LogP) is 2.32. The maximum atomic E-state index is 4.51. The maximum Gasteiger partial charge on any atom is 0.133 e. The van der Waals surface area contributed by atoms with Gasteiger partial charge in [-0.25, -0.2) is 9.97 Å². The Morgan fingerprint density at radius 2 is 1.94 bits per heavy atom. The molecule has 0 amide bonds. The van der Waals surface area contributed by atoms with Crippen LogP contribution in [-0.2, 0) is 6.42 Å². The summed E-state index contributed by atoms with van der Waals surface area (Å²) in [6.07, 6.45) is 3.11.